The summed E-state index contributed by atoms with van der Waals surface area (Å²) in [6.45, 7) is 3.70. The lowest BCUT2D eigenvalue weighted by atomic mass is 10.2. The molecule has 0 spiro atoms. The Kier molecular flexibility index (Phi) is 9.99. The Morgan fingerprint density at radius 1 is 1.20 bits per heavy atom. The minimum Gasteiger partial charge on any atom is -0.493 e. The van der Waals surface area contributed by atoms with Crippen LogP contribution in [0.3, 0.4) is 0 Å². The Hall–Kier alpha value is -3.21. The summed E-state index contributed by atoms with van der Waals surface area (Å²) >= 11 is 13.5. The highest BCUT2D eigenvalue weighted by Crippen LogP contribution is 2.42. The van der Waals surface area contributed by atoms with Crippen LogP contribution in [0.25, 0.3) is 10.9 Å². The smallest absolute Gasteiger partial charge is 0.282 e. The number of methoxy groups -OCH3 is 1. The van der Waals surface area contributed by atoms with Gasteiger partial charge in [0.2, 0.25) is 0 Å². The summed E-state index contributed by atoms with van der Waals surface area (Å²) in [6, 6.07) is 14.5. The number of unbranched alkanes of at least 4 members (excludes halogenated alkanes) is 1. The van der Waals surface area contributed by atoms with Crippen LogP contribution in [0.2, 0.25) is 5.02 Å². The number of halogens is 3. The number of para-hydroxylation sites is 1. The first-order chi connectivity index (χ1) is 19.2. The molecule has 0 atom stereocenters. The second-order valence-corrected chi connectivity index (χ2v) is 11.0. The number of nitrogens with zero attached hydrogens (tertiary/aromatic N) is 3. The van der Waals surface area contributed by atoms with E-state index in [-0.39, 0.29) is 28.8 Å². The van der Waals surface area contributed by atoms with Crippen molar-refractivity contribution in [3.63, 3.8) is 0 Å². The van der Waals surface area contributed by atoms with Gasteiger partial charge in [0, 0.05) is 26.6 Å². The summed E-state index contributed by atoms with van der Waals surface area (Å²) in [6.07, 6.45) is 3.91. The molecule has 208 valence electrons. The number of amides is 1. The van der Waals surface area contributed by atoms with E-state index in [1.165, 1.54) is 18.0 Å². The fourth-order valence-corrected chi connectivity index (χ4v) is 4.97. The summed E-state index contributed by atoms with van der Waals surface area (Å²) in [4.78, 5) is 30.6. The zero-order valence-electron chi connectivity index (χ0n) is 22.1. The highest BCUT2D eigenvalue weighted by atomic mass is 79.9. The molecule has 0 unspecified atom stereocenters. The monoisotopic (exact) mass is 688 g/mol. The van der Waals surface area contributed by atoms with Crippen LogP contribution in [0.5, 0.6) is 11.5 Å². The predicted octanol–water partition coefficient (Wildman–Crippen LogP) is 7.13. The maximum Gasteiger partial charge on any atom is 0.282 e. The minimum atomic E-state index is -0.344. The predicted molar refractivity (Wildman–Crippen MR) is 166 cm³/mol. The Morgan fingerprint density at radius 2 is 1.98 bits per heavy atom. The summed E-state index contributed by atoms with van der Waals surface area (Å²) in [5.74, 6) is 0.721. The van der Waals surface area contributed by atoms with Gasteiger partial charge in [0.25, 0.3) is 11.5 Å². The number of hydrogen-bond donors (Lipinski definition) is 1. The zero-order chi connectivity index (χ0) is 28.8. The maximum absolute atomic E-state index is 13.4. The van der Waals surface area contributed by atoms with Gasteiger partial charge in [0.15, 0.2) is 18.1 Å². The molecule has 0 aliphatic carbocycles. The standard InChI is InChI=1S/C29H27Br2ClN4O4/c1-4-5-10-24-34-22-12-11-19(30)14-20(22)29(38)36(24)33-15-18-13-23(39-3)28(27(32)26(18)31)40-16-25(37)35-21-9-7-6-8-17(21)2/h6-9,11-15H,4-5,10,16H2,1-3H3,(H,35,37). The van der Waals surface area contributed by atoms with E-state index in [0.29, 0.717) is 44.6 Å². The van der Waals surface area contributed by atoms with Gasteiger partial charge in [-0.2, -0.15) is 9.78 Å². The zero-order valence-corrected chi connectivity index (χ0v) is 26.1. The molecule has 1 heterocycles. The summed E-state index contributed by atoms with van der Waals surface area (Å²) < 4.78 is 13.8. The Bertz CT molecular complexity index is 1660. The van der Waals surface area contributed by atoms with E-state index in [0.717, 1.165) is 22.9 Å². The van der Waals surface area contributed by atoms with Gasteiger partial charge in [-0.25, -0.2) is 4.98 Å². The summed E-state index contributed by atoms with van der Waals surface area (Å²) in [7, 11) is 1.47. The molecule has 0 fully saturated rings. The third-order valence-corrected chi connectivity index (χ3v) is 8.02. The third kappa shape index (κ3) is 6.74. The Morgan fingerprint density at radius 3 is 2.70 bits per heavy atom. The van der Waals surface area contributed by atoms with Crippen LogP contribution in [0.1, 0.15) is 36.7 Å². The largest absolute Gasteiger partial charge is 0.493 e. The molecule has 0 saturated heterocycles. The molecule has 0 bridgehead atoms. The van der Waals surface area contributed by atoms with E-state index in [9.17, 15) is 9.59 Å². The average Bonchev–Trinajstić information content (AvgIpc) is 2.94. The lowest BCUT2D eigenvalue weighted by Gasteiger charge is -2.15. The molecule has 40 heavy (non-hydrogen) atoms. The minimum absolute atomic E-state index is 0.198. The molecule has 0 aliphatic heterocycles. The quantitative estimate of drug-likeness (QED) is 0.179. The van der Waals surface area contributed by atoms with E-state index < -0.39 is 0 Å². The number of hydrogen-bond acceptors (Lipinski definition) is 6. The van der Waals surface area contributed by atoms with Gasteiger partial charge in [-0.1, -0.05) is 59.1 Å². The Labute approximate surface area is 253 Å². The lowest BCUT2D eigenvalue weighted by Crippen LogP contribution is -2.22. The van der Waals surface area contributed by atoms with Crippen LogP contribution >= 0.6 is 43.5 Å². The topological polar surface area (TPSA) is 94.8 Å². The van der Waals surface area contributed by atoms with Crippen molar-refractivity contribution in [1.29, 1.82) is 0 Å². The number of aromatic nitrogens is 2. The van der Waals surface area contributed by atoms with Gasteiger partial charge in [0.1, 0.15) is 10.8 Å². The van der Waals surface area contributed by atoms with Crippen molar-refractivity contribution in [3.8, 4) is 11.5 Å². The van der Waals surface area contributed by atoms with E-state index in [1.807, 2.05) is 43.3 Å². The molecule has 8 nitrogen and oxygen atoms in total. The molecule has 0 radical (unpaired) electrons. The van der Waals surface area contributed by atoms with E-state index >= 15 is 0 Å². The number of ether oxygens (including phenoxy) is 2. The first kappa shape index (κ1) is 29.8. The second kappa shape index (κ2) is 13.4. The SMILES string of the molecule is CCCCc1nc2ccc(Br)cc2c(=O)n1N=Cc1cc(OC)c(OCC(=O)Nc2ccccc2C)c(Cl)c1Br. The van der Waals surface area contributed by atoms with E-state index in [4.69, 9.17) is 26.1 Å². The molecule has 0 aliphatic rings. The number of carbonyl (C=O) groups is 1. The van der Waals surface area contributed by atoms with Crippen LogP contribution in [-0.4, -0.2) is 35.5 Å². The number of rotatable bonds is 10. The Balaban J connectivity index is 1.64. The number of aryl methyl sites for hydroxylation is 2. The van der Waals surface area contributed by atoms with Gasteiger partial charge >= 0.3 is 0 Å². The molecule has 1 amide bonds. The number of anilines is 1. The van der Waals surface area contributed by atoms with Crippen molar-refractivity contribution in [3.05, 3.63) is 89.8 Å². The van der Waals surface area contributed by atoms with Crippen LogP contribution in [0.4, 0.5) is 5.69 Å². The highest BCUT2D eigenvalue weighted by molar-refractivity contribution is 9.10. The average molecular weight is 691 g/mol. The van der Waals surface area contributed by atoms with Gasteiger partial charge in [-0.3, -0.25) is 9.59 Å². The summed E-state index contributed by atoms with van der Waals surface area (Å²) in [5.41, 5.74) is 2.52. The van der Waals surface area contributed by atoms with Gasteiger partial charge in [0.05, 0.1) is 24.2 Å². The molecule has 4 aromatic rings. The third-order valence-electron chi connectivity index (χ3n) is 6.08. The molecule has 1 aromatic heterocycles. The number of nitrogens with one attached hydrogen (secondary N) is 1. The van der Waals surface area contributed by atoms with Crippen molar-refractivity contribution in [1.82, 2.24) is 9.66 Å². The lowest BCUT2D eigenvalue weighted by molar-refractivity contribution is -0.118. The van der Waals surface area contributed by atoms with Gasteiger partial charge < -0.3 is 14.8 Å². The van der Waals surface area contributed by atoms with E-state index in [1.54, 1.807) is 12.1 Å². The fourth-order valence-electron chi connectivity index (χ4n) is 3.95. The number of fused-ring (bicyclic) bond motifs is 1. The van der Waals surface area contributed by atoms with Crippen molar-refractivity contribution in [2.45, 2.75) is 33.1 Å². The van der Waals surface area contributed by atoms with Gasteiger partial charge in [-0.05, 0) is 65.2 Å². The summed E-state index contributed by atoms with van der Waals surface area (Å²) in [5, 5.41) is 7.97. The maximum atomic E-state index is 13.4. The molecule has 1 N–H and O–H groups in total. The molecular weight excluding hydrogens is 664 g/mol. The van der Waals surface area contributed by atoms with Crippen molar-refractivity contribution >= 4 is 72.2 Å². The number of benzene rings is 3. The van der Waals surface area contributed by atoms with Gasteiger partial charge in [-0.15, -0.1) is 0 Å². The fraction of sp³-hybridized carbons (Fsp3) is 0.241. The second-order valence-electron chi connectivity index (χ2n) is 8.93. The number of carbonyl (C=O) groups excluding carboxylic acids is 1. The van der Waals surface area contributed by atoms with Crippen molar-refractivity contribution in [2.24, 2.45) is 5.10 Å². The first-order valence-electron chi connectivity index (χ1n) is 12.5. The van der Waals surface area contributed by atoms with E-state index in [2.05, 4.69) is 49.2 Å². The molecule has 0 saturated carbocycles. The normalized spacial score (nSPS) is 11.2. The van der Waals surface area contributed by atoms with Crippen molar-refractivity contribution in [2.75, 3.05) is 19.0 Å². The van der Waals surface area contributed by atoms with Crippen LogP contribution in [0.15, 0.2) is 67.4 Å². The van der Waals surface area contributed by atoms with Crippen LogP contribution in [0, 0.1) is 6.92 Å². The first-order valence-corrected chi connectivity index (χ1v) is 14.5. The molecule has 11 heteroatoms. The molecule has 3 aromatic carbocycles. The van der Waals surface area contributed by atoms with Crippen molar-refractivity contribution < 1.29 is 14.3 Å². The molecular formula is C29H27Br2ClN4O4. The molecule has 4 rings (SSSR count). The van der Waals surface area contributed by atoms with Crippen LogP contribution in [-0.2, 0) is 11.2 Å². The highest BCUT2D eigenvalue weighted by Gasteiger charge is 2.19. The van der Waals surface area contributed by atoms with Crippen LogP contribution < -0.4 is 20.3 Å².